The largest absolute Gasteiger partial charge is 0.493 e. The lowest BCUT2D eigenvalue weighted by atomic mass is 10.2. The molecule has 0 fully saturated rings. The second kappa shape index (κ2) is 10.9. The molecule has 0 N–H and O–H groups in total. The lowest BCUT2D eigenvalue weighted by molar-refractivity contribution is -0.139. The van der Waals surface area contributed by atoms with Crippen molar-refractivity contribution < 1.29 is 28.1 Å². The normalized spacial score (nSPS) is 11.1. The highest BCUT2D eigenvalue weighted by Crippen LogP contribution is 2.30. The molecule has 0 atom stereocenters. The molecule has 35 heavy (non-hydrogen) atoms. The first-order chi connectivity index (χ1) is 16.9. The smallest absolute Gasteiger partial charge is 0.331 e. The second-order valence-electron chi connectivity index (χ2n) is 7.46. The van der Waals surface area contributed by atoms with Crippen LogP contribution in [0.15, 0.2) is 57.6 Å². The second-order valence-corrected chi connectivity index (χ2v) is 7.90. The fourth-order valence-electron chi connectivity index (χ4n) is 3.14. The first-order valence-corrected chi connectivity index (χ1v) is 11.0. The van der Waals surface area contributed by atoms with Crippen molar-refractivity contribution in [2.24, 2.45) is 0 Å². The molecule has 180 valence electrons. The molecule has 0 bridgehead atoms. The van der Waals surface area contributed by atoms with Crippen molar-refractivity contribution in [2.45, 2.75) is 27.1 Å². The van der Waals surface area contributed by atoms with Gasteiger partial charge in [-0.3, -0.25) is 0 Å². The summed E-state index contributed by atoms with van der Waals surface area (Å²) in [6.07, 6.45) is 2.91. The third-order valence-corrected chi connectivity index (χ3v) is 5.31. The van der Waals surface area contributed by atoms with Gasteiger partial charge in [-0.2, -0.15) is 4.98 Å². The molecule has 2 aromatic heterocycles. The highest BCUT2D eigenvalue weighted by atomic mass is 35.5. The van der Waals surface area contributed by atoms with Gasteiger partial charge < -0.3 is 23.3 Å². The van der Waals surface area contributed by atoms with Gasteiger partial charge in [0, 0.05) is 16.7 Å². The monoisotopic (exact) mass is 495 g/mol. The van der Waals surface area contributed by atoms with Crippen LogP contribution in [0.4, 0.5) is 0 Å². The van der Waals surface area contributed by atoms with Gasteiger partial charge in [0.25, 0.3) is 5.89 Å². The van der Waals surface area contributed by atoms with Gasteiger partial charge in [-0.25, -0.2) is 4.79 Å². The van der Waals surface area contributed by atoms with E-state index in [-0.39, 0.29) is 12.5 Å². The topological polar surface area (TPSA) is 110 Å². The zero-order chi connectivity index (χ0) is 24.8. The SMILES string of the molecule is COc1cc(/C=C/C(=O)OCc2nc(-c3ccc(Cl)cc3)no2)ccc1OCc1c(C)noc1C. The number of methoxy groups -OCH3 is 1. The van der Waals surface area contributed by atoms with Crippen molar-refractivity contribution in [3.05, 3.63) is 82.0 Å². The summed E-state index contributed by atoms with van der Waals surface area (Å²) in [6, 6.07) is 12.3. The Kier molecular flexibility index (Phi) is 7.47. The fourth-order valence-corrected chi connectivity index (χ4v) is 3.27. The summed E-state index contributed by atoms with van der Waals surface area (Å²) >= 11 is 5.88. The maximum Gasteiger partial charge on any atom is 0.331 e. The quantitative estimate of drug-likeness (QED) is 0.224. The van der Waals surface area contributed by atoms with Crippen molar-refractivity contribution in [3.8, 4) is 22.9 Å². The van der Waals surface area contributed by atoms with Crippen LogP contribution >= 0.6 is 11.6 Å². The molecule has 2 heterocycles. The summed E-state index contributed by atoms with van der Waals surface area (Å²) in [7, 11) is 1.54. The van der Waals surface area contributed by atoms with Crippen molar-refractivity contribution in [1.82, 2.24) is 15.3 Å². The van der Waals surface area contributed by atoms with E-state index in [1.165, 1.54) is 6.08 Å². The van der Waals surface area contributed by atoms with E-state index in [0.29, 0.717) is 34.7 Å². The molecule has 0 spiro atoms. The number of halogens is 1. The number of aromatic nitrogens is 3. The Hall–Kier alpha value is -4.11. The van der Waals surface area contributed by atoms with Crippen LogP contribution < -0.4 is 9.47 Å². The Morgan fingerprint density at radius 1 is 1.03 bits per heavy atom. The number of aryl methyl sites for hydroxylation is 2. The van der Waals surface area contributed by atoms with Crippen molar-refractivity contribution in [1.29, 1.82) is 0 Å². The highest BCUT2D eigenvalue weighted by molar-refractivity contribution is 6.30. The molecule has 2 aromatic carbocycles. The van der Waals surface area contributed by atoms with Gasteiger partial charge >= 0.3 is 5.97 Å². The summed E-state index contributed by atoms with van der Waals surface area (Å²) < 4.78 is 26.8. The van der Waals surface area contributed by atoms with Gasteiger partial charge in [0.2, 0.25) is 5.82 Å². The van der Waals surface area contributed by atoms with Crippen LogP contribution in [0.3, 0.4) is 0 Å². The minimum absolute atomic E-state index is 0.151. The van der Waals surface area contributed by atoms with Crippen LogP contribution in [0.2, 0.25) is 5.02 Å². The van der Waals surface area contributed by atoms with Gasteiger partial charge in [-0.1, -0.05) is 28.0 Å². The van der Waals surface area contributed by atoms with Crippen molar-refractivity contribution in [2.75, 3.05) is 7.11 Å². The number of nitrogens with zero attached hydrogens (tertiary/aromatic N) is 3. The number of esters is 1. The minimum Gasteiger partial charge on any atom is -0.493 e. The number of hydrogen-bond acceptors (Lipinski definition) is 9. The maximum atomic E-state index is 12.1. The highest BCUT2D eigenvalue weighted by Gasteiger charge is 2.13. The van der Waals surface area contributed by atoms with Crippen LogP contribution in [0.1, 0.15) is 28.5 Å². The molecule has 0 saturated carbocycles. The molecule has 0 aliphatic heterocycles. The van der Waals surface area contributed by atoms with Gasteiger partial charge in [-0.15, -0.1) is 0 Å². The molecule has 0 saturated heterocycles. The molecular formula is C25H22ClN3O6. The Morgan fingerprint density at radius 3 is 2.54 bits per heavy atom. The first-order valence-electron chi connectivity index (χ1n) is 10.6. The maximum absolute atomic E-state index is 12.1. The van der Waals surface area contributed by atoms with Gasteiger partial charge in [0.05, 0.1) is 18.4 Å². The predicted octanol–water partition coefficient (Wildman–Crippen LogP) is 5.34. The van der Waals surface area contributed by atoms with Crippen LogP contribution in [0, 0.1) is 13.8 Å². The number of hydrogen-bond donors (Lipinski definition) is 0. The molecule has 9 nitrogen and oxygen atoms in total. The Bertz CT molecular complexity index is 1320. The Balaban J connectivity index is 1.32. The molecule has 10 heteroatoms. The third kappa shape index (κ3) is 6.07. The average molecular weight is 496 g/mol. The third-order valence-electron chi connectivity index (χ3n) is 5.06. The number of rotatable bonds is 9. The van der Waals surface area contributed by atoms with E-state index >= 15 is 0 Å². The summed E-state index contributed by atoms with van der Waals surface area (Å²) in [4.78, 5) is 16.4. The van der Waals surface area contributed by atoms with E-state index in [0.717, 1.165) is 22.4 Å². The molecule has 0 amide bonds. The summed E-state index contributed by atoms with van der Waals surface area (Å²) in [5.41, 5.74) is 3.14. The molecular weight excluding hydrogens is 474 g/mol. The van der Waals surface area contributed by atoms with Crippen LogP contribution in [0.5, 0.6) is 11.5 Å². The van der Waals surface area contributed by atoms with Crippen LogP contribution in [-0.2, 0) is 22.7 Å². The van der Waals surface area contributed by atoms with E-state index in [1.807, 2.05) is 13.8 Å². The average Bonchev–Trinajstić information content (AvgIpc) is 3.47. The Labute approximate surface area is 206 Å². The Morgan fingerprint density at radius 2 is 1.83 bits per heavy atom. The van der Waals surface area contributed by atoms with E-state index in [1.54, 1.807) is 55.7 Å². The van der Waals surface area contributed by atoms with E-state index in [2.05, 4.69) is 15.3 Å². The molecule has 0 unspecified atom stereocenters. The van der Waals surface area contributed by atoms with E-state index in [9.17, 15) is 4.79 Å². The number of benzene rings is 2. The van der Waals surface area contributed by atoms with E-state index in [4.69, 9.17) is 34.9 Å². The van der Waals surface area contributed by atoms with Gasteiger partial charge in [0.15, 0.2) is 18.1 Å². The standard InChI is InChI=1S/C25H22ClN3O6/c1-15-20(16(2)34-28-15)13-32-21-10-4-17(12-22(21)31-3)5-11-24(30)33-14-23-27-25(29-35-23)18-6-8-19(26)9-7-18/h4-12H,13-14H2,1-3H3/b11-5+. The van der Waals surface area contributed by atoms with E-state index < -0.39 is 5.97 Å². The van der Waals surface area contributed by atoms with Crippen LogP contribution in [0.25, 0.3) is 17.5 Å². The summed E-state index contributed by atoms with van der Waals surface area (Å²) in [5.74, 6) is 1.79. The number of ether oxygens (including phenoxy) is 3. The summed E-state index contributed by atoms with van der Waals surface area (Å²) in [6.45, 7) is 3.84. The lowest BCUT2D eigenvalue weighted by Gasteiger charge is -2.11. The molecule has 0 aliphatic carbocycles. The molecule has 0 radical (unpaired) electrons. The molecule has 0 aliphatic rings. The fraction of sp³-hybridized carbons (Fsp3) is 0.200. The number of carbonyl (C=O) groups is 1. The number of carbonyl (C=O) groups excluding carboxylic acids is 1. The van der Waals surface area contributed by atoms with Gasteiger partial charge in [-0.05, 0) is 61.9 Å². The first kappa shape index (κ1) is 24.0. The van der Waals surface area contributed by atoms with Crippen molar-refractivity contribution in [3.63, 3.8) is 0 Å². The lowest BCUT2D eigenvalue weighted by Crippen LogP contribution is -2.01. The predicted molar refractivity (Wildman–Crippen MR) is 127 cm³/mol. The summed E-state index contributed by atoms with van der Waals surface area (Å²) in [5, 5.41) is 8.41. The zero-order valence-corrected chi connectivity index (χ0v) is 20.0. The minimum atomic E-state index is -0.561. The van der Waals surface area contributed by atoms with Gasteiger partial charge in [0.1, 0.15) is 12.4 Å². The zero-order valence-electron chi connectivity index (χ0n) is 19.3. The van der Waals surface area contributed by atoms with Crippen molar-refractivity contribution >= 4 is 23.6 Å². The molecule has 4 rings (SSSR count). The molecule has 4 aromatic rings. The van der Waals surface area contributed by atoms with Crippen LogP contribution in [-0.4, -0.2) is 28.4 Å².